The molecule has 0 aromatic carbocycles. The fourth-order valence-electron chi connectivity index (χ4n) is 1.89. The molecular formula is C13H20F3N3O. The molecule has 1 aromatic heterocycles. The number of aliphatic hydroxyl groups is 1. The van der Waals surface area contributed by atoms with Crippen molar-refractivity contribution in [2.24, 2.45) is 0 Å². The van der Waals surface area contributed by atoms with Crippen LogP contribution < -0.4 is 10.2 Å². The van der Waals surface area contributed by atoms with E-state index in [1.807, 2.05) is 13.8 Å². The monoisotopic (exact) mass is 291 g/mol. The van der Waals surface area contributed by atoms with Crippen molar-refractivity contribution in [2.45, 2.75) is 26.1 Å². The first-order valence-corrected chi connectivity index (χ1v) is 6.49. The molecule has 1 aromatic rings. The maximum absolute atomic E-state index is 12.5. The Morgan fingerprint density at radius 2 is 2.10 bits per heavy atom. The third-order valence-corrected chi connectivity index (χ3v) is 2.83. The van der Waals surface area contributed by atoms with Gasteiger partial charge in [-0.1, -0.05) is 6.92 Å². The highest BCUT2D eigenvalue weighted by molar-refractivity contribution is 5.45. The summed E-state index contributed by atoms with van der Waals surface area (Å²) in [6.45, 7) is 3.17. The van der Waals surface area contributed by atoms with E-state index in [0.717, 1.165) is 17.1 Å². The van der Waals surface area contributed by atoms with E-state index >= 15 is 0 Å². The summed E-state index contributed by atoms with van der Waals surface area (Å²) in [7, 11) is 0. The average molecular weight is 291 g/mol. The van der Waals surface area contributed by atoms with Crippen LogP contribution >= 0.6 is 0 Å². The number of aromatic nitrogens is 1. The number of aliphatic hydroxyl groups excluding tert-OH is 1. The average Bonchev–Trinajstić information content (AvgIpc) is 2.37. The van der Waals surface area contributed by atoms with Crippen molar-refractivity contribution >= 4 is 5.69 Å². The predicted molar refractivity (Wildman–Crippen MR) is 71.7 cm³/mol. The zero-order valence-electron chi connectivity index (χ0n) is 11.6. The first-order chi connectivity index (χ1) is 9.37. The van der Waals surface area contributed by atoms with E-state index in [0.29, 0.717) is 5.69 Å². The molecule has 4 nitrogen and oxygen atoms in total. The zero-order valence-corrected chi connectivity index (χ0v) is 11.6. The number of nitrogens with zero attached hydrogens (tertiary/aromatic N) is 2. The lowest BCUT2D eigenvalue weighted by molar-refractivity contribution is -0.119. The SMILES string of the molecule is CCNC(C)c1ccc(N(CCO)CC(F)(F)F)cn1. The summed E-state index contributed by atoms with van der Waals surface area (Å²) in [4.78, 5) is 5.24. The Hall–Kier alpha value is -1.34. The minimum Gasteiger partial charge on any atom is -0.395 e. The van der Waals surface area contributed by atoms with Gasteiger partial charge in [0.2, 0.25) is 0 Å². The van der Waals surface area contributed by atoms with E-state index in [9.17, 15) is 13.2 Å². The van der Waals surface area contributed by atoms with E-state index < -0.39 is 12.7 Å². The standard InChI is InChI=1S/C13H20F3N3O/c1-3-17-10(2)12-5-4-11(8-18-12)19(6-7-20)9-13(14,15)16/h4-5,8,10,17,20H,3,6-7,9H2,1-2H3. The van der Waals surface area contributed by atoms with Gasteiger partial charge in [-0.3, -0.25) is 4.98 Å². The molecular weight excluding hydrogens is 271 g/mol. The molecule has 114 valence electrons. The molecule has 1 heterocycles. The lowest BCUT2D eigenvalue weighted by Gasteiger charge is -2.25. The fraction of sp³-hybridized carbons (Fsp3) is 0.615. The number of halogens is 3. The van der Waals surface area contributed by atoms with Crippen LogP contribution in [-0.2, 0) is 0 Å². The molecule has 1 atom stereocenters. The number of rotatable bonds is 7. The van der Waals surface area contributed by atoms with Crippen LogP contribution in [-0.4, -0.2) is 42.5 Å². The molecule has 0 bridgehead atoms. The highest BCUT2D eigenvalue weighted by Crippen LogP contribution is 2.22. The Bertz CT molecular complexity index is 395. The summed E-state index contributed by atoms with van der Waals surface area (Å²) in [5, 5.41) is 12.0. The largest absolute Gasteiger partial charge is 0.405 e. The lowest BCUT2D eigenvalue weighted by Crippen LogP contribution is -2.36. The third-order valence-electron chi connectivity index (χ3n) is 2.83. The Morgan fingerprint density at radius 1 is 1.40 bits per heavy atom. The Balaban J connectivity index is 2.82. The van der Waals surface area contributed by atoms with E-state index in [-0.39, 0.29) is 19.2 Å². The van der Waals surface area contributed by atoms with E-state index in [4.69, 9.17) is 5.11 Å². The van der Waals surface area contributed by atoms with Crippen molar-refractivity contribution in [3.63, 3.8) is 0 Å². The van der Waals surface area contributed by atoms with Crippen molar-refractivity contribution in [3.8, 4) is 0 Å². The molecule has 1 rings (SSSR count). The quantitative estimate of drug-likeness (QED) is 0.808. The van der Waals surface area contributed by atoms with Gasteiger partial charge in [0.1, 0.15) is 6.54 Å². The summed E-state index contributed by atoms with van der Waals surface area (Å²) in [6.07, 6.45) is -2.91. The second-order valence-corrected chi connectivity index (χ2v) is 4.48. The number of alkyl halides is 3. The van der Waals surface area contributed by atoms with Crippen LogP contribution in [0.4, 0.5) is 18.9 Å². The van der Waals surface area contributed by atoms with Crippen molar-refractivity contribution in [3.05, 3.63) is 24.0 Å². The lowest BCUT2D eigenvalue weighted by atomic mass is 10.2. The molecule has 7 heteroatoms. The summed E-state index contributed by atoms with van der Waals surface area (Å²) in [5.41, 5.74) is 1.12. The number of anilines is 1. The molecule has 0 amide bonds. The minimum absolute atomic E-state index is 0.0444. The zero-order chi connectivity index (χ0) is 15.2. The third kappa shape index (κ3) is 5.34. The summed E-state index contributed by atoms with van der Waals surface area (Å²) in [5.74, 6) is 0. The fourth-order valence-corrected chi connectivity index (χ4v) is 1.89. The van der Waals surface area contributed by atoms with Crippen molar-refractivity contribution in [1.29, 1.82) is 0 Å². The van der Waals surface area contributed by atoms with Crippen molar-refractivity contribution in [2.75, 3.05) is 31.1 Å². The number of pyridine rings is 1. The van der Waals surface area contributed by atoms with Gasteiger partial charge < -0.3 is 15.3 Å². The molecule has 0 saturated carbocycles. The highest BCUT2D eigenvalue weighted by Gasteiger charge is 2.30. The Labute approximate surface area is 116 Å². The van der Waals surface area contributed by atoms with Gasteiger partial charge in [-0.25, -0.2) is 0 Å². The maximum atomic E-state index is 12.5. The van der Waals surface area contributed by atoms with Crippen LogP contribution in [0.1, 0.15) is 25.6 Å². The Kier molecular flexibility index (Phi) is 6.22. The minimum atomic E-state index is -4.31. The molecule has 0 spiro atoms. The maximum Gasteiger partial charge on any atom is 0.405 e. The van der Waals surface area contributed by atoms with Gasteiger partial charge in [-0.2, -0.15) is 13.2 Å². The van der Waals surface area contributed by atoms with Crippen molar-refractivity contribution < 1.29 is 18.3 Å². The predicted octanol–water partition coefficient (Wildman–Crippen LogP) is 2.11. The Morgan fingerprint density at radius 3 is 2.55 bits per heavy atom. The van der Waals surface area contributed by atoms with Gasteiger partial charge in [0, 0.05) is 12.6 Å². The summed E-state index contributed by atoms with van der Waals surface area (Å²) >= 11 is 0. The first-order valence-electron chi connectivity index (χ1n) is 6.49. The van der Waals surface area contributed by atoms with Gasteiger partial charge in [0.15, 0.2) is 0 Å². The molecule has 0 fully saturated rings. The second-order valence-electron chi connectivity index (χ2n) is 4.48. The van der Waals surface area contributed by atoms with Gasteiger partial charge in [-0.15, -0.1) is 0 Å². The van der Waals surface area contributed by atoms with Gasteiger partial charge in [0.05, 0.1) is 24.2 Å². The van der Waals surface area contributed by atoms with E-state index in [1.165, 1.54) is 6.20 Å². The molecule has 20 heavy (non-hydrogen) atoms. The van der Waals surface area contributed by atoms with E-state index in [1.54, 1.807) is 12.1 Å². The summed E-state index contributed by atoms with van der Waals surface area (Å²) < 4.78 is 37.4. The first kappa shape index (κ1) is 16.7. The summed E-state index contributed by atoms with van der Waals surface area (Å²) in [6, 6.07) is 3.34. The van der Waals surface area contributed by atoms with E-state index in [2.05, 4.69) is 10.3 Å². The molecule has 0 saturated heterocycles. The van der Waals surface area contributed by atoms with Crippen LogP contribution in [0.5, 0.6) is 0 Å². The normalized spacial score (nSPS) is 13.3. The molecule has 0 radical (unpaired) electrons. The van der Waals surface area contributed by atoms with Crippen molar-refractivity contribution in [1.82, 2.24) is 10.3 Å². The smallest absolute Gasteiger partial charge is 0.395 e. The number of nitrogens with one attached hydrogen (secondary N) is 1. The number of hydrogen-bond acceptors (Lipinski definition) is 4. The van der Waals surface area contributed by atoms with Gasteiger partial charge in [-0.05, 0) is 25.6 Å². The molecule has 0 aliphatic heterocycles. The molecule has 0 aliphatic carbocycles. The van der Waals surface area contributed by atoms with Gasteiger partial charge in [0.25, 0.3) is 0 Å². The van der Waals surface area contributed by atoms with Crippen LogP contribution in [0.15, 0.2) is 18.3 Å². The van der Waals surface area contributed by atoms with Crippen LogP contribution in [0.25, 0.3) is 0 Å². The second kappa shape index (κ2) is 7.44. The van der Waals surface area contributed by atoms with Crippen LogP contribution in [0.2, 0.25) is 0 Å². The number of hydrogen-bond donors (Lipinski definition) is 2. The molecule has 0 aliphatic rings. The van der Waals surface area contributed by atoms with Crippen LogP contribution in [0, 0.1) is 0 Å². The molecule has 2 N–H and O–H groups in total. The van der Waals surface area contributed by atoms with Crippen LogP contribution in [0.3, 0.4) is 0 Å². The topological polar surface area (TPSA) is 48.4 Å². The molecule has 1 unspecified atom stereocenters. The van der Waals surface area contributed by atoms with Gasteiger partial charge >= 0.3 is 6.18 Å². The highest BCUT2D eigenvalue weighted by atomic mass is 19.4.